The third-order valence-corrected chi connectivity index (χ3v) is 4.12. The molecular weight excluding hydrogens is 290 g/mol. The van der Waals surface area contributed by atoms with E-state index in [1.54, 1.807) is 6.07 Å². The summed E-state index contributed by atoms with van der Waals surface area (Å²) in [6, 6.07) is 12.1. The van der Waals surface area contributed by atoms with E-state index >= 15 is 0 Å². The number of rotatable bonds is 5. The molecule has 23 heavy (non-hydrogen) atoms. The van der Waals surface area contributed by atoms with Crippen LogP contribution >= 0.6 is 0 Å². The maximum atomic E-state index is 12.0. The van der Waals surface area contributed by atoms with Gasteiger partial charge in [-0.3, -0.25) is 4.90 Å². The van der Waals surface area contributed by atoms with Crippen LogP contribution in [0.15, 0.2) is 48.8 Å². The van der Waals surface area contributed by atoms with Gasteiger partial charge < -0.3 is 4.74 Å². The molecule has 0 N–H and O–H groups in total. The lowest BCUT2D eigenvalue weighted by atomic mass is 9.98. The molecule has 0 bridgehead atoms. The minimum atomic E-state index is -0.319. The highest BCUT2D eigenvalue weighted by molar-refractivity contribution is 5.88. The molecule has 0 unspecified atom stereocenters. The predicted octanol–water partition coefficient (Wildman–Crippen LogP) is 2.55. The van der Waals surface area contributed by atoms with Gasteiger partial charge in [0, 0.05) is 19.0 Å². The first-order valence-electron chi connectivity index (χ1n) is 8.01. The van der Waals surface area contributed by atoms with Gasteiger partial charge in [-0.25, -0.2) is 4.79 Å². The number of esters is 1. The number of carbonyl (C=O) groups excluding carboxylic acids is 1. The van der Waals surface area contributed by atoms with Crippen molar-refractivity contribution in [3.05, 3.63) is 59.9 Å². The highest BCUT2D eigenvalue weighted by Gasteiger charge is 2.21. The predicted molar refractivity (Wildman–Crippen MR) is 86.8 cm³/mol. The van der Waals surface area contributed by atoms with Crippen LogP contribution in [-0.4, -0.2) is 40.8 Å². The topological polar surface area (TPSA) is 55.3 Å². The minimum Gasteiger partial charge on any atom is -0.462 e. The van der Waals surface area contributed by atoms with E-state index < -0.39 is 0 Å². The Labute approximate surface area is 136 Å². The summed E-state index contributed by atoms with van der Waals surface area (Å²) >= 11 is 0. The van der Waals surface area contributed by atoms with Crippen LogP contribution in [-0.2, 0) is 11.3 Å². The van der Waals surface area contributed by atoms with Gasteiger partial charge in [0.2, 0.25) is 0 Å². The van der Waals surface area contributed by atoms with Crippen LogP contribution < -0.4 is 0 Å². The van der Waals surface area contributed by atoms with Crippen LogP contribution in [0.5, 0.6) is 0 Å². The maximum absolute atomic E-state index is 12.0. The van der Waals surface area contributed by atoms with Gasteiger partial charge in [-0.1, -0.05) is 30.3 Å². The molecule has 0 radical (unpaired) electrons. The molecule has 2 aromatic rings. The summed E-state index contributed by atoms with van der Waals surface area (Å²) in [5, 5.41) is 7.36. The standard InChI is InChI=1S/C18H21N3O2/c22-18(17-8-9-19-20-11-17)23-14-16-7-4-10-21(13-16)12-15-5-2-1-3-6-15/h1-3,5-6,8-9,11,16H,4,7,10,12-14H2/t16-/m1/s1. The number of benzene rings is 1. The van der Waals surface area contributed by atoms with E-state index in [4.69, 9.17) is 4.74 Å². The molecule has 1 atom stereocenters. The van der Waals surface area contributed by atoms with Crippen molar-refractivity contribution in [3.8, 4) is 0 Å². The number of piperidine rings is 1. The monoisotopic (exact) mass is 311 g/mol. The Morgan fingerprint density at radius 1 is 1.22 bits per heavy atom. The molecule has 1 aliphatic rings. The lowest BCUT2D eigenvalue weighted by molar-refractivity contribution is 0.0347. The van der Waals surface area contributed by atoms with Crippen LogP contribution in [0.1, 0.15) is 28.8 Å². The van der Waals surface area contributed by atoms with Crippen molar-refractivity contribution in [1.82, 2.24) is 15.1 Å². The largest absolute Gasteiger partial charge is 0.462 e. The van der Waals surface area contributed by atoms with Gasteiger partial charge in [0.05, 0.1) is 24.6 Å². The first-order chi connectivity index (χ1) is 11.3. The molecule has 1 fully saturated rings. The molecule has 3 rings (SSSR count). The van der Waals surface area contributed by atoms with Crippen molar-refractivity contribution in [1.29, 1.82) is 0 Å². The molecule has 0 saturated carbocycles. The Hall–Kier alpha value is -2.27. The second-order valence-corrected chi connectivity index (χ2v) is 5.96. The molecule has 1 aromatic carbocycles. The molecule has 5 heteroatoms. The van der Waals surface area contributed by atoms with Crippen molar-refractivity contribution in [2.24, 2.45) is 5.92 Å². The summed E-state index contributed by atoms with van der Waals surface area (Å²) in [6.07, 6.45) is 5.18. The highest BCUT2D eigenvalue weighted by Crippen LogP contribution is 2.19. The van der Waals surface area contributed by atoms with E-state index in [1.807, 2.05) is 6.07 Å². The Balaban J connectivity index is 1.48. The lowest BCUT2D eigenvalue weighted by Crippen LogP contribution is -2.37. The SMILES string of the molecule is O=C(OC[C@@H]1CCCN(Cc2ccccc2)C1)c1ccnnc1. The zero-order chi connectivity index (χ0) is 15.9. The van der Waals surface area contributed by atoms with Crippen LogP contribution in [0.4, 0.5) is 0 Å². The van der Waals surface area contributed by atoms with Crippen LogP contribution in [0.3, 0.4) is 0 Å². The molecular formula is C18H21N3O2. The number of hydrogen-bond acceptors (Lipinski definition) is 5. The number of nitrogens with zero attached hydrogens (tertiary/aromatic N) is 3. The van der Waals surface area contributed by atoms with Crippen LogP contribution in [0, 0.1) is 5.92 Å². The first-order valence-corrected chi connectivity index (χ1v) is 8.01. The van der Waals surface area contributed by atoms with Crippen molar-refractivity contribution in [2.75, 3.05) is 19.7 Å². The van der Waals surface area contributed by atoms with Gasteiger partial charge in [0.1, 0.15) is 0 Å². The van der Waals surface area contributed by atoms with Gasteiger partial charge in [-0.05, 0) is 31.0 Å². The molecule has 1 aromatic heterocycles. The van der Waals surface area contributed by atoms with Gasteiger partial charge >= 0.3 is 5.97 Å². The normalized spacial score (nSPS) is 18.5. The van der Waals surface area contributed by atoms with E-state index in [9.17, 15) is 4.79 Å². The quantitative estimate of drug-likeness (QED) is 0.794. The summed E-state index contributed by atoms with van der Waals surface area (Å²) in [5.74, 6) is 0.0753. The average molecular weight is 311 g/mol. The zero-order valence-corrected chi connectivity index (χ0v) is 13.1. The van der Waals surface area contributed by atoms with E-state index in [0.717, 1.165) is 32.5 Å². The van der Waals surface area contributed by atoms with E-state index in [0.29, 0.717) is 18.1 Å². The van der Waals surface area contributed by atoms with Gasteiger partial charge in [0.15, 0.2) is 0 Å². The third kappa shape index (κ3) is 4.60. The Kier molecular flexibility index (Phi) is 5.32. The van der Waals surface area contributed by atoms with E-state index in [2.05, 4.69) is 39.4 Å². The number of likely N-dealkylation sites (tertiary alicyclic amines) is 1. The molecule has 2 heterocycles. The fraction of sp³-hybridized carbons (Fsp3) is 0.389. The summed E-state index contributed by atoms with van der Waals surface area (Å²) in [5.41, 5.74) is 1.78. The van der Waals surface area contributed by atoms with Crippen molar-refractivity contribution >= 4 is 5.97 Å². The Bertz CT molecular complexity index is 619. The Morgan fingerprint density at radius 3 is 2.87 bits per heavy atom. The molecule has 0 spiro atoms. The molecule has 1 saturated heterocycles. The van der Waals surface area contributed by atoms with Crippen LogP contribution in [0.2, 0.25) is 0 Å². The molecule has 0 amide bonds. The highest BCUT2D eigenvalue weighted by atomic mass is 16.5. The molecule has 120 valence electrons. The summed E-state index contributed by atoms with van der Waals surface area (Å²) in [4.78, 5) is 14.4. The average Bonchev–Trinajstić information content (AvgIpc) is 2.62. The van der Waals surface area contributed by atoms with Crippen molar-refractivity contribution in [3.63, 3.8) is 0 Å². The Morgan fingerprint density at radius 2 is 2.09 bits per heavy atom. The summed E-state index contributed by atoms with van der Waals surface area (Å²) in [7, 11) is 0. The van der Waals surface area contributed by atoms with Gasteiger partial charge in [-0.2, -0.15) is 10.2 Å². The van der Waals surface area contributed by atoms with Crippen molar-refractivity contribution < 1.29 is 9.53 Å². The van der Waals surface area contributed by atoms with E-state index in [1.165, 1.54) is 18.0 Å². The summed E-state index contributed by atoms with van der Waals surface area (Å²) < 4.78 is 5.43. The van der Waals surface area contributed by atoms with Crippen LogP contribution in [0.25, 0.3) is 0 Å². The first kappa shape index (κ1) is 15.6. The number of ether oxygens (including phenoxy) is 1. The number of carbonyl (C=O) groups is 1. The second-order valence-electron chi connectivity index (χ2n) is 5.96. The van der Waals surface area contributed by atoms with Gasteiger partial charge in [0.25, 0.3) is 0 Å². The number of hydrogen-bond donors (Lipinski definition) is 0. The fourth-order valence-corrected chi connectivity index (χ4v) is 2.96. The maximum Gasteiger partial charge on any atom is 0.339 e. The lowest BCUT2D eigenvalue weighted by Gasteiger charge is -2.32. The number of aromatic nitrogens is 2. The molecule has 0 aliphatic carbocycles. The minimum absolute atomic E-state index is 0.319. The third-order valence-electron chi connectivity index (χ3n) is 4.12. The smallest absolute Gasteiger partial charge is 0.339 e. The second kappa shape index (κ2) is 7.83. The van der Waals surface area contributed by atoms with Crippen molar-refractivity contribution in [2.45, 2.75) is 19.4 Å². The zero-order valence-electron chi connectivity index (χ0n) is 13.1. The van der Waals surface area contributed by atoms with Gasteiger partial charge in [-0.15, -0.1) is 0 Å². The van der Waals surface area contributed by atoms with E-state index in [-0.39, 0.29) is 5.97 Å². The fourth-order valence-electron chi connectivity index (χ4n) is 2.96. The molecule has 5 nitrogen and oxygen atoms in total. The molecule has 1 aliphatic heterocycles. The summed E-state index contributed by atoms with van der Waals surface area (Å²) in [6.45, 7) is 3.50.